The topological polar surface area (TPSA) is 84.0 Å². The second-order valence-electron chi connectivity index (χ2n) is 5.81. The Hall–Kier alpha value is -1.54. The molecular formula is C16H21ClN4O2S. The molecule has 6 nitrogen and oxygen atoms in total. The third-order valence-corrected chi connectivity index (χ3v) is 5.55. The molecule has 2 atom stereocenters. The molecule has 2 unspecified atom stereocenters. The van der Waals surface area contributed by atoms with Crippen molar-refractivity contribution < 1.29 is 8.42 Å². The summed E-state index contributed by atoms with van der Waals surface area (Å²) in [5.41, 5.74) is 0.856. The largest absolute Gasteiger partial charge is 0.315 e. The van der Waals surface area contributed by atoms with Crippen molar-refractivity contribution in [1.29, 1.82) is 0 Å². The van der Waals surface area contributed by atoms with Gasteiger partial charge in [-0.05, 0) is 18.9 Å². The molecule has 1 aromatic heterocycles. The van der Waals surface area contributed by atoms with E-state index in [1.807, 2.05) is 30.3 Å². The molecule has 1 aliphatic rings. The van der Waals surface area contributed by atoms with E-state index in [-0.39, 0.29) is 23.3 Å². The van der Waals surface area contributed by atoms with Gasteiger partial charge in [-0.3, -0.25) is 0 Å². The van der Waals surface area contributed by atoms with Crippen molar-refractivity contribution in [2.45, 2.75) is 24.3 Å². The molecule has 3 rings (SSSR count). The standard InChI is InChI=1S/C16H20N4O2S.ClH/c1-12-7-8-17-11-15(12)20-23(21,22)14-9-18-16(19-10-14)13-5-3-2-4-6-13;/h2-6,9-10,12,15,17,20H,7-8,11H2,1H3;1H. The first-order valence-electron chi connectivity index (χ1n) is 7.67. The minimum absolute atomic E-state index is 0. The summed E-state index contributed by atoms with van der Waals surface area (Å²) >= 11 is 0. The monoisotopic (exact) mass is 368 g/mol. The summed E-state index contributed by atoms with van der Waals surface area (Å²) in [7, 11) is -3.61. The van der Waals surface area contributed by atoms with E-state index >= 15 is 0 Å². The fourth-order valence-corrected chi connectivity index (χ4v) is 3.84. The van der Waals surface area contributed by atoms with Gasteiger partial charge in [0.1, 0.15) is 4.90 Å². The zero-order valence-corrected chi connectivity index (χ0v) is 15.0. The predicted molar refractivity (Wildman–Crippen MR) is 95.5 cm³/mol. The van der Waals surface area contributed by atoms with Crippen molar-refractivity contribution >= 4 is 22.4 Å². The quantitative estimate of drug-likeness (QED) is 0.860. The molecule has 0 aliphatic carbocycles. The Morgan fingerprint density at radius 2 is 1.83 bits per heavy atom. The minimum Gasteiger partial charge on any atom is -0.315 e. The van der Waals surface area contributed by atoms with E-state index in [1.54, 1.807) is 0 Å². The highest BCUT2D eigenvalue weighted by atomic mass is 35.5. The summed E-state index contributed by atoms with van der Waals surface area (Å²) in [6.07, 6.45) is 3.67. The van der Waals surface area contributed by atoms with Crippen molar-refractivity contribution in [2.24, 2.45) is 5.92 Å². The maximum atomic E-state index is 12.5. The van der Waals surface area contributed by atoms with Gasteiger partial charge in [-0.25, -0.2) is 23.1 Å². The van der Waals surface area contributed by atoms with Gasteiger partial charge >= 0.3 is 0 Å². The molecule has 0 bridgehead atoms. The zero-order valence-electron chi connectivity index (χ0n) is 13.3. The average Bonchev–Trinajstić information content (AvgIpc) is 2.58. The van der Waals surface area contributed by atoms with E-state index in [0.29, 0.717) is 18.3 Å². The Balaban J connectivity index is 0.00000208. The van der Waals surface area contributed by atoms with Gasteiger partial charge in [0, 0.05) is 18.2 Å². The fraction of sp³-hybridized carbons (Fsp3) is 0.375. The van der Waals surface area contributed by atoms with Crippen molar-refractivity contribution in [3.8, 4) is 11.4 Å². The second kappa shape index (κ2) is 8.02. The van der Waals surface area contributed by atoms with Crippen LogP contribution in [-0.2, 0) is 10.0 Å². The van der Waals surface area contributed by atoms with Crippen LogP contribution in [0.3, 0.4) is 0 Å². The maximum absolute atomic E-state index is 12.5. The van der Waals surface area contributed by atoms with Gasteiger partial charge in [0.05, 0.1) is 12.4 Å². The van der Waals surface area contributed by atoms with Crippen LogP contribution in [0.4, 0.5) is 0 Å². The van der Waals surface area contributed by atoms with E-state index in [4.69, 9.17) is 0 Å². The smallest absolute Gasteiger partial charge is 0.243 e. The number of benzene rings is 1. The average molecular weight is 369 g/mol. The molecule has 0 spiro atoms. The summed E-state index contributed by atoms with van der Waals surface area (Å²) in [6, 6.07) is 9.35. The number of rotatable bonds is 4. The van der Waals surface area contributed by atoms with Crippen LogP contribution in [0.5, 0.6) is 0 Å². The number of halogens is 1. The summed E-state index contributed by atoms with van der Waals surface area (Å²) < 4.78 is 27.7. The van der Waals surface area contributed by atoms with Gasteiger partial charge in [0.15, 0.2) is 5.82 Å². The van der Waals surface area contributed by atoms with Crippen LogP contribution >= 0.6 is 12.4 Å². The molecule has 1 aliphatic heterocycles. The number of hydrogen-bond acceptors (Lipinski definition) is 5. The van der Waals surface area contributed by atoms with Gasteiger partial charge in [0.25, 0.3) is 0 Å². The normalized spacial score (nSPS) is 21.0. The van der Waals surface area contributed by atoms with Crippen LogP contribution in [-0.4, -0.2) is 37.5 Å². The van der Waals surface area contributed by atoms with Crippen molar-refractivity contribution in [3.63, 3.8) is 0 Å². The van der Waals surface area contributed by atoms with E-state index in [0.717, 1.165) is 18.5 Å². The molecule has 2 heterocycles. The van der Waals surface area contributed by atoms with E-state index in [2.05, 4.69) is 26.9 Å². The van der Waals surface area contributed by atoms with Crippen LogP contribution in [0, 0.1) is 5.92 Å². The van der Waals surface area contributed by atoms with Gasteiger partial charge in [-0.1, -0.05) is 37.3 Å². The van der Waals surface area contributed by atoms with E-state index in [1.165, 1.54) is 12.4 Å². The Bertz CT molecular complexity index is 753. The molecule has 8 heteroatoms. The number of nitrogens with zero attached hydrogens (tertiary/aromatic N) is 2. The summed E-state index contributed by atoms with van der Waals surface area (Å²) in [5, 5.41) is 3.21. The predicted octanol–water partition coefficient (Wildman–Crippen LogP) is 1.84. The molecule has 2 N–H and O–H groups in total. The molecule has 2 aromatic rings. The molecule has 24 heavy (non-hydrogen) atoms. The Labute approximate surface area is 148 Å². The number of aromatic nitrogens is 2. The van der Waals surface area contributed by atoms with Crippen LogP contribution in [0.2, 0.25) is 0 Å². The van der Waals surface area contributed by atoms with Crippen molar-refractivity contribution in [2.75, 3.05) is 13.1 Å². The van der Waals surface area contributed by atoms with Crippen LogP contribution in [0.1, 0.15) is 13.3 Å². The maximum Gasteiger partial charge on any atom is 0.243 e. The van der Waals surface area contributed by atoms with E-state index in [9.17, 15) is 8.42 Å². The highest BCUT2D eigenvalue weighted by Gasteiger charge is 2.27. The minimum atomic E-state index is -3.61. The Morgan fingerprint density at radius 1 is 1.17 bits per heavy atom. The lowest BCUT2D eigenvalue weighted by Crippen LogP contribution is -2.50. The second-order valence-corrected chi connectivity index (χ2v) is 7.52. The SMILES string of the molecule is CC1CCNCC1NS(=O)(=O)c1cnc(-c2ccccc2)nc1.Cl. The Morgan fingerprint density at radius 3 is 2.46 bits per heavy atom. The number of piperidine rings is 1. The van der Waals surface area contributed by atoms with Gasteiger partial charge < -0.3 is 5.32 Å². The zero-order chi connectivity index (χ0) is 16.3. The van der Waals surface area contributed by atoms with E-state index < -0.39 is 10.0 Å². The van der Waals surface area contributed by atoms with Gasteiger partial charge in [-0.15, -0.1) is 12.4 Å². The molecule has 0 amide bonds. The molecule has 130 valence electrons. The molecule has 0 radical (unpaired) electrons. The van der Waals surface area contributed by atoms with Gasteiger partial charge in [0.2, 0.25) is 10.0 Å². The van der Waals surface area contributed by atoms with Crippen LogP contribution in [0.15, 0.2) is 47.6 Å². The number of nitrogens with one attached hydrogen (secondary N) is 2. The molecule has 0 saturated carbocycles. The third-order valence-electron chi connectivity index (χ3n) is 4.10. The van der Waals surface area contributed by atoms with Crippen molar-refractivity contribution in [3.05, 3.63) is 42.7 Å². The lowest BCUT2D eigenvalue weighted by molar-refractivity contribution is 0.327. The molecule has 1 aromatic carbocycles. The summed E-state index contributed by atoms with van der Waals surface area (Å²) in [6.45, 7) is 3.63. The fourth-order valence-electron chi connectivity index (χ4n) is 2.61. The summed E-state index contributed by atoms with van der Waals surface area (Å²) in [4.78, 5) is 8.46. The first-order valence-corrected chi connectivity index (χ1v) is 9.15. The highest BCUT2D eigenvalue weighted by Crippen LogP contribution is 2.17. The molecule has 1 saturated heterocycles. The van der Waals surface area contributed by atoms with Crippen LogP contribution < -0.4 is 10.0 Å². The highest BCUT2D eigenvalue weighted by molar-refractivity contribution is 7.89. The summed E-state index contributed by atoms with van der Waals surface area (Å²) in [5.74, 6) is 0.813. The first kappa shape index (κ1) is 18.8. The van der Waals surface area contributed by atoms with Crippen molar-refractivity contribution in [1.82, 2.24) is 20.0 Å². The first-order chi connectivity index (χ1) is 11.1. The Kier molecular flexibility index (Phi) is 6.28. The number of hydrogen-bond donors (Lipinski definition) is 2. The van der Waals surface area contributed by atoms with Gasteiger partial charge in [-0.2, -0.15) is 0 Å². The lowest BCUT2D eigenvalue weighted by Gasteiger charge is -2.29. The molecule has 1 fully saturated rings. The van der Waals surface area contributed by atoms with Crippen LogP contribution in [0.25, 0.3) is 11.4 Å². The molecular weight excluding hydrogens is 348 g/mol. The third kappa shape index (κ3) is 4.30. The lowest BCUT2D eigenvalue weighted by atomic mass is 9.96. The number of sulfonamides is 1.